The molecular weight excluding hydrogens is 220 g/mol. The molecule has 1 aromatic heterocycles. The van der Waals surface area contributed by atoms with E-state index in [1.807, 2.05) is 12.1 Å². The molecule has 6 nitrogen and oxygen atoms in total. The highest BCUT2D eigenvalue weighted by atomic mass is 16.3. The second kappa shape index (κ2) is 7.32. The van der Waals surface area contributed by atoms with Crippen LogP contribution in [0, 0.1) is 0 Å². The predicted molar refractivity (Wildman–Crippen MR) is 65.6 cm³/mol. The lowest BCUT2D eigenvalue weighted by Crippen LogP contribution is -2.40. The number of amides is 1. The highest BCUT2D eigenvalue weighted by Crippen LogP contribution is 1.97. The molecule has 0 aliphatic heterocycles. The molecule has 1 aromatic rings. The van der Waals surface area contributed by atoms with E-state index in [4.69, 9.17) is 4.42 Å². The van der Waals surface area contributed by atoms with Gasteiger partial charge >= 0.3 is 0 Å². The smallest absolute Gasteiger partial charge is 0.216 e. The van der Waals surface area contributed by atoms with Crippen LogP contribution in [0.4, 0.5) is 0 Å². The highest BCUT2D eigenvalue weighted by molar-refractivity contribution is 5.79. The monoisotopic (exact) mass is 238 g/mol. The molecule has 1 heterocycles. The zero-order valence-corrected chi connectivity index (χ0v) is 10.1. The van der Waals surface area contributed by atoms with Crippen molar-refractivity contribution in [2.75, 3.05) is 20.1 Å². The molecule has 0 unspecified atom stereocenters. The maximum absolute atomic E-state index is 10.6. The second-order valence-electron chi connectivity index (χ2n) is 3.41. The van der Waals surface area contributed by atoms with E-state index < -0.39 is 0 Å². The first-order valence-electron chi connectivity index (χ1n) is 5.43. The minimum atomic E-state index is -0.0367. The molecule has 1 rings (SSSR count). The van der Waals surface area contributed by atoms with E-state index in [1.54, 1.807) is 13.3 Å². The van der Waals surface area contributed by atoms with Gasteiger partial charge in [0.15, 0.2) is 5.96 Å². The fourth-order valence-electron chi connectivity index (χ4n) is 1.22. The lowest BCUT2D eigenvalue weighted by Gasteiger charge is -2.10. The van der Waals surface area contributed by atoms with Gasteiger partial charge in [-0.3, -0.25) is 9.79 Å². The summed E-state index contributed by atoms with van der Waals surface area (Å²) in [5.74, 6) is 1.48. The third-order valence-electron chi connectivity index (χ3n) is 2.03. The summed E-state index contributed by atoms with van der Waals surface area (Å²) in [6, 6.07) is 3.72. The van der Waals surface area contributed by atoms with Crippen LogP contribution in [-0.2, 0) is 11.3 Å². The fourth-order valence-corrected chi connectivity index (χ4v) is 1.22. The third-order valence-corrected chi connectivity index (χ3v) is 2.03. The molecule has 1 amide bonds. The maximum atomic E-state index is 10.6. The summed E-state index contributed by atoms with van der Waals surface area (Å²) in [4.78, 5) is 14.7. The van der Waals surface area contributed by atoms with Crippen LogP contribution < -0.4 is 16.0 Å². The first kappa shape index (κ1) is 13.1. The predicted octanol–water partition coefficient (Wildman–Crippen LogP) is 0.0807. The summed E-state index contributed by atoms with van der Waals surface area (Å²) in [6.45, 7) is 3.25. The summed E-state index contributed by atoms with van der Waals surface area (Å²) < 4.78 is 5.18. The molecule has 17 heavy (non-hydrogen) atoms. The molecule has 0 aliphatic rings. The van der Waals surface area contributed by atoms with E-state index >= 15 is 0 Å². The Kier molecular flexibility index (Phi) is 5.63. The Morgan fingerprint density at radius 1 is 1.35 bits per heavy atom. The second-order valence-corrected chi connectivity index (χ2v) is 3.41. The van der Waals surface area contributed by atoms with Crippen LogP contribution in [0.25, 0.3) is 0 Å². The van der Waals surface area contributed by atoms with Crippen LogP contribution in [-0.4, -0.2) is 32.0 Å². The number of nitrogens with one attached hydrogen (secondary N) is 3. The molecule has 3 N–H and O–H groups in total. The zero-order valence-electron chi connectivity index (χ0n) is 10.1. The summed E-state index contributed by atoms with van der Waals surface area (Å²) in [5, 5.41) is 8.85. The lowest BCUT2D eigenvalue weighted by molar-refractivity contribution is -0.118. The van der Waals surface area contributed by atoms with Crippen molar-refractivity contribution in [1.82, 2.24) is 16.0 Å². The van der Waals surface area contributed by atoms with E-state index in [0.29, 0.717) is 25.6 Å². The number of aliphatic imine (C=N–C) groups is 1. The van der Waals surface area contributed by atoms with Gasteiger partial charge in [-0.1, -0.05) is 0 Å². The van der Waals surface area contributed by atoms with Gasteiger partial charge in [0, 0.05) is 27.1 Å². The van der Waals surface area contributed by atoms with E-state index in [1.165, 1.54) is 6.92 Å². The summed E-state index contributed by atoms with van der Waals surface area (Å²) >= 11 is 0. The fraction of sp³-hybridized carbons (Fsp3) is 0.455. The molecule has 6 heteroatoms. The zero-order chi connectivity index (χ0) is 12.5. The van der Waals surface area contributed by atoms with Gasteiger partial charge in [0.05, 0.1) is 12.8 Å². The largest absolute Gasteiger partial charge is 0.467 e. The van der Waals surface area contributed by atoms with Gasteiger partial charge in [-0.2, -0.15) is 0 Å². The Morgan fingerprint density at radius 3 is 2.71 bits per heavy atom. The standard InChI is InChI=1S/C11H18N4O2/c1-9(16)13-5-6-14-11(12-2)15-8-10-4-3-7-17-10/h3-4,7H,5-6,8H2,1-2H3,(H,13,16)(H2,12,14,15). The maximum Gasteiger partial charge on any atom is 0.216 e. The van der Waals surface area contributed by atoms with Crippen molar-refractivity contribution in [3.05, 3.63) is 24.2 Å². The number of hydrogen-bond donors (Lipinski definition) is 3. The molecule has 0 saturated carbocycles. The van der Waals surface area contributed by atoms with Crippen molar-refractivity contribution in [2.24, 2.45) is 4.99 Å². The SMILES string of the molecule is CN=C(NCCNC(C)=O)NCc1ccco1. The number of guanidine groups is 1. The van der Waals surface area contributed by atoms with Crippen LogP contribution in [0.15, 0.2) is 27.8 Å². The topological polar surface area (TPSA) is 78.7 Å². The number of carbonyl (C=O) groups excluding carboxylic acids is 1. The minimum absolute atomic E-state index is 0.0367. The van der Waals surface area contributed by atoms with E-state index in [0.717, 1.165) is 5.76 Å². The molecule has 0 spiro atoms. The number of furan rings is 1. The van der Waals surface area contributed by atoms with Crippen molar-refractivity contribution >= 4 is 11.9 Å². The van der Waals surface area contributed by atoms with Crippen LogP contribution in [0.2, 0.25) is 0 Å². The Morgan fingerprint density at radius 2 is 2.12 bits per heavy atom. The molecular formula is C11H18N4O2. The number of rotatable bonds is 5. The van der Waals surface area contributed by atoms with Gasteiger partial charge in [-0.15, -0.1) is 0 Å². The number of nitrogens with zero attached hydrogens (tertiary/aromatic N) is 1. The van der Waals surface area contributed by atoms with Crippen molar-refractivity contribution in [3.8, 4) is 0 Å². The quantitative estimate of drug-likeness (QED) is 0.385. The van der Waals surface area contributed by atoms with Crippen molar-refractivity contribution < 1.29 is 9.21 Å². The molecule has 0 bridgehead atoms. The Balaban J connectivity index is 2.18. The average Bonchev–Trinajstić information content (AvgIpc) is 2.81. The van der Waals surface area contributed by atoms with E-state index in [2.05, 4.69) is 20.9 Å². The summed E-state index contributed by atoms with van der Waals surface area (Å²) in [6.07, 6.45) is 1.63. The normalized spacial score (nSPS) is 11.1. The van der Waals surface area contributed by atoms with E-state index in [-0.39, 0.29) is 5.91 Å². The lowest BCUT2D eigenvalue weighted by atomic mass is 10.4. The van der Waals surface area contributed by atoms with Gasteiger partial charge in [0.2, 0.25) is 5.91 Å². The van der Waals surface area contributed by atoms with Crippen LogP contribution >= 0.6 is 0 Å². The van der Waals surface area contributed by atoms with Crippen LogP contribution in [0.3, 0.4) is 0 Å². The Hall–Kier alpha value is -1.98. The highest BCUT2D eigenvalue weighted by Gasteiger charge is 1.99. The van der Waals surface area contributed by atoms with Gasteiger partial charge in [0.25, 0.3) is 0 Å². The third kappa shape index (κ3) is 5.60. The van der Waals surface area contributed by atoms with Crippen molar-refractivity contribution in [2.45, 2.75) is 13.5 Å². The number of carbonyl (C=O) groups is 1. The first-order chi connectivity index (χ1) is 8.22. The summed E-state index contributed by atoms with van der Waals surface area (Å²) in [7, 11) is 1.69. The molecule has 0 aromatic carbocycles. The molecule has 0 aliphatic carbocycles. The molecule has 94 valence electrons. The van der Waals surface area contributed by atoms with Gasteiger partial charge in [0.1, 0.15) is 5.76 Å². The van der Waals surface area contributed by atoms with Crippen molar-refractivity contribution in [3.63, 3.8) is 0 Å². The summed E-state index contributed by atoms with van der Waals surface area (Å²) in [5.41, 5.74) is 0. The Bertz CT molecular complexity index is 360. The first-order valence-corrected chi connectivity index (χ1v) is 5.43. The van der Waals surface area contributed by atoms with Crippen molar-refractivity contribution in [1.29, 1.82) is 0 Å². The molecule has 0 fully saturated rings. The minimum Gasteiger partial charge on any atom is -0.467 e. The van der Waals surface area contributed by atoms with Gasteiger partial charge < -0.3 is 20.4 Å². The van der Waals surface area contributed by atoms with E-state index in [9.17, 15) is 4.79 Å². The van der Waals surface area contributed by atoms with Gasteiger partial charge in [-0.05, 0) is 12.1 Å². The van der Waals surface area contributed by atoms with Crippen LogP contribution in [0.1, 0.15) is 12.7 Å². The molecule has 0 radical (unpaired) electrons. The molecule has 0 atom stereocenters. The Labute approximate surface area is 100 Å². The number of hydrogen-bond acceptors (Lipinski definition) is 3. The average molecular weight is 238 g/mol. The van der Waals surface area contributed by atoms with Gasteiger partial charge in [-0.25, -0.2) is 0 Å². The van der Waals surface area contributed by atoms with Crippen LogP contribution in [0.5, 0.6) is 0 Å². The molecule has 0 saturated heterocycles.